The van der Waals surface area contributed by atoms with Crippen molar-refractivity contribution in [2.45, 2.75) is 25.9 Å². The van der Waals surface area contributed by atoms with E-state index < -0.39 is 47.8 Å². The smallest absolute Gasteiger partial charge is 0.503 e. The van der Waals surface area contributed by atoms with Crippen LogP contribution in [0.15, 0.2) is 6.07 Å². The zero-order valence-electron chi connectivity index (χ0n) is 10.9. The quantitative estimate of drug-likeness (QED) is 0.678. The molecule has 0 saturated carbocycles. The highest BCUT2D eigenvalue weighted by Crippen LogP contribution is 2.37. The first kappa shape index (κ1) is 17.9. The number of rotatable bonds is 4. The lowest BCUT2D eigenvalue weighted by molar-refractivity contribution is -0.277. The second-order valence-corrected chi connectivity index (χ2v) is 3.85. The normalized spacial score (nSPS) is 12.1. The fraction of sp³-hybridized carbons (Fsp3) is 0.455. The average molecular weight is 333 g/mol. The SMILES string of the molecule is CCOC(=O)Cc1cc(O)c(OC(F)(F)F)nc1C(F)(F)F. The van der Waals surface area contributed by atoms with E-state index in [1.165, 1.54) is 6.92 Å². The number of carbonyl (C=O) groups is 1. The third kappa shape index (κ3) is 4.97. The zero-order valence-corrected chi connectivity index (χ0v) is 10.9. The molecular formula is C11H9F6NO4. The first-order valence-corrected chi connectivity index (χ1v) is 5.65. The Morgan fingerprint density at radius 1 is 1.27 bits per heavy atom. The van der Waals surface area contributed by atoms with Gasteiger partial charge in [0, 0.05) is 0 Å². The second kappa shape index (κ2) is 6.28. The van der Waals surface area contributed by atoms with E-state index in [-0.39, 0.29) is 6.61 Å². The van der Waals surface area contributed by atoms with Gasteiger partial charge < -0.3 is 14.6 Å². The zero-order chi connectivity index (χ0) is 17.1. The van der Waals surface area contributed by atoms with Crippen molar-refractivity contribution >= 4 is 5.97 Å². The molecule has 0 aliphatic rings. The van der Waals surface area contributed by atoms with Crippen molar-refractivity contribution in [2.75, 3.05) is 6.61 Å². The molecule has 0 atom stereocenters. The first-order chi connectivity index (χ1) is 9.94. The summed E-state index contributed by atoms with van der Waals surface area (Å²) in [5.74, 6) is -4.00. The maximum Gasteiger partial charge on any atom is 0.574 e. The molecule has 124 valence electrons. The van der Waals surface area contributed by atoms with Crippen LogP contribution in [0, 0.1) is 0 Å². The van der Waals surface area contributed by atoms with E-state index in [2.05, 4.69) is 14.5 Å². The Hall–Kier alpha value is -2.20. The largest absolute Gasteiger partial charge is 0.574 e. The molecule has 0 fully saturated rings. The van der Waals surface area contributed by atoms with Gasteiger partial charge in [-0.25, -0.2) is 4.98 Å². The van der Waals surface area contributed by atoms with Crippen LogP contribution < -0.4 is 4.74 Å². The number of halogens is 6. The van der Waals surface area contributed by atoms with Crippen LogP contribution in [0.25, 0.3) is 0 Å². The van der Waals surface area contributed by atoms with E-state index in [1.807, 2.05) is 0 Å². The van der Waals surface area contributed by atoms with Crippen LogP contribution in [0.1, 0.15) is 18.2 Å². The molecule has 5 nitrogen and oxygen atoms in total. The molecule has 22 heavy (non-hydrogen) atoms. The average Bonchev–Trinajstić information content (AvgIpc) is 2.29. The fourth-order valence-corrected chi connectivity index (χ4v) is 1.46. The van der Waals surface area contributed by atoms with E-state index in [0.717, 1.165) is 0 Å². The van der Waals surface area contributed by atoms with Gasteiger partial charge in [-0.1, -0.05) is 0 Å². The Morgan fingerprint density at radius 3 is 2.32 bits per heavy atom. The molecule has 1 aromatic rings. The van der Waals surface area contributed by atoms with Gasteiger partial charge in [0.2, 0.25) is 0 Å². The minimum absolute atomic E-state index is 0.102. The highest BCUT2D eigenvalue weighted by Gasteiger charge is 2.39. The fourth-order valence-electron chi connectivity index (χ4n) is 1.46. The highest BCUT2D eigenvalue weighted by atomic mass is 19.4. The van der Waals surface area contributed by atoms with Crippen molar-refractivity contribution in [2.24, 2.45) is 0 Å². The maximum atomic E-state index is 12.8. The minimum Gasteiger partial charge on any atom is -0.503 e. The number of alkyl halides is 6. The minimum atomic E-state index is -5.34. The highest BCUT2D eigenvalue weighted by molar-refractivity contribution is 5.73. The van der Waals surface area contributed by atoms with Gasteiger partial charge in [-0.05, 0) is 18.6 Å². The number of hydrogen-bond donors (Lipinski definition) is 1. The summed E-state index contributed by atoms with van der Waals surface area (Å²) in [6, 6.07) is 0.327. The van der Waals surface area contributed by atoms with Crippen LogP contribution in [0.3, 0.4) is 0 Å². The molecule has 0 aromatic carbocycles. The molecule has 0 saturated heterocycles. The van der Waals surface area contributed by atoms with E-state index in [0.29, 0.717) is 6.07 Å². The molecule has 0 unspecified atom stereocenters. The van der Waals surface area contributed by atoms with Gasteiger partial charge in [-0.15, -0.1) is 13.2 Å². The molecule has 0 spiro atoms. The van der Waals surface area contributed by atoms with Crippen LogP contribution in [-0.4, -0.2) is 29.0 Å². The number of nitrogens with zero attached hydrogens (tertiary/aromatic N) is 1. The molecule has 1 N–H and O–H groups in total. The van der Waals surface area contributed by atoms with Crippen LogP contribution in [0.5, 0.6) is 11.6 Å². The number of esters is 1. The molecule has 11 heteroatoms. The Labute approximate surface area is 119 Å². The molecule has 1 heterocycles. The Bertz CT molecular complexity index is 555. The van der Waals surface area contributed by atoms with E-state index in [1.54, 1.807) is 0 Å². The molecule has 1 aromatic heterocycles. The summed E-state index contributed by atoms with van der Waals surface area (Å²) in [6.07, 6.45) is -11.4. The summed E-state index contributed by atoms with van der Waals surface area (Å²) < 4.78 is 82.1. The number of aromatic nitrogens is 1. The van der Waals surface area contributed by atoms with Gasteiger partial charge in [-0.2, -0.15) is 13.2 Å². The van der Waals surface area contributed by atoms with Crippen molar-refractivity contribution in [1.82, 2.24) is 4.98 Å². The summed E-state index contributed by atoms with van der Waals surface area (Å²) in [5, 5.41) is 9.28. The van der Waals surface area contributed by atoms with Crippen molar-refractivity contribution < 1.29 is 45.7 Å². The first-order valence-electron chi connectivity index (χ1n) is 5.65. The lowest BCUT2D eigenvalue weighted by Gasteiger charge is -2.15. The lowest BCUT2D eigenvalue weighted by atomic mass is 10.1. The van der Waals surface area contributed by atoms with Crippen LogP contribution in [0.2, 0.25) is 0 Å². The van der Waals surface area contributed by atoms with E-state index in [9.17, 15) is 36.2 Å². The standard InChI is InChI=1S/C11H9F6NO4/c1-2-21-7(20)4-5-3-6(19)9(22-11(15,16)17)18-8(5)10(12,13)14/h3,19H,2,4H2,1H3. The van der Waals surface area contributed by atoms with Crippen molar-refractivity contribution in [3.05, 3.63) is 17.3 Å². The Kier molecular flexibility index (Phi) is 5.09. The van der Waals surface area contributed by atoms with Crippen molar-refractivity contribution in [1.29, 1.82) is 0 Å². The van der Waals surface area contributed by atoms with Gasteiger partial charge in [0.15, 0.2) is 11.4 Å². The Balaban J connectivity index is 3.27. The summed E-state index contributed by atoms with van der Waals surface area (Å²) in [7, 11) is 0. The summed E-state index contributed by atoms with van der Waals surface area (Å²) in [4.78, 5) is 13.8. The summed E-state index contributed by atoms with van der Waals surface area (Å²) in [5.41, 5.74) is -2.62. The van der Waals surface area contributed by atoms with Crippen LogP contribution in [0.4, 0.5) is 26.3 Å². The third-order valence-corrected chi connectivity index (χ3v) is 2.17. The van der Waals surface area contributed by atoms with Crippen LogP contribution in [-0.2, 0) is 22.1 Å². The van der Waals surface area contributed by atoms with Gasteiger partial charge in [0.05, 0.1) is 13.0 Å². The topological polar surface area (TPSA) is 68.7 Å². The lowest BCUT2D eigenvalue weighted by Crippen LogP contribution is -2.21. The number of pyridine rings is 1. The van der Waals surface area contributed by atoms with Gasteiger partial charge in [0.25, 0.3) is 5.88 Å². The molecule has 1 rings (SSSR count). The predicted molar refractivity (Wildman–Crippen MR) is 57.9 cm³/mol. The molecule has 0 bridgehead atoms. The Morgan fingerprint density at radius 2 is 1.86 bits per heavy atom. The predicted octanol–water partition coefficient (Wildman–Crippen LogP) is 2.81. The number of carbonyl (C=O) groups excluding carboxylic acids is 1. The summed E-state index contributed by atoms with van der Waals surface area (Å²) in [6.45, 7) is 1.31. The van der Waals surface area contributed by atoms with Gasteiger partial charge >= 0.3 is 18.5 Å². The monoisotopic (exact) mass is 333 g/mol. The molecule has 0 radical (unpaired) electrons. The number of ether oxygens (including phenoxy) is 2. The third-order valence-electron chi connectivity index (χ3n) is 2.17. The summed E-state index contributed by atoms with van der Waals surface area (Å²) >= 11 is 0. The van der Waals surface area contributed by atoms with Crippen molar-refractivity contribution in [3.8, 4) is 11.6 Å². The van der Waals surface area contributed by atoms with E-state index >= 15 is 0 Å². The van der Waals surface area contributed by atoms with Crippen LogP contribution >= 0.6 is 0 Å². The number of hydrogen-bond acceptors (Lipinski definition) is 5. The van der Waals surface area contributed by atoms with E-state index in [4.69, 9.17) is 0 Å². The molecule has 0 amide bonds. The maximum absolute atomic E-state index is 12.8. The van der Waals surface area contributed by atoms with Gasteiger partial charge in [0.1, 0.15) is 0 Å². The molecule has 0 aliphatic heterocycles. The second-order valence-electron chi connectivity index (χ2n) is 3.85. The van der Waals surface area contributed by atoms with Crippen molar-refractivity contribution in [3.63, 3.8) is 0 Å². The molecule has 0 aliphatic carbocycles. The molecular weight excluding hydrogens is 324 g/mol. The van der Waals surface area contributed by atoms with Gasteiger partial charge in [-0.3, -0.25) is 4.79 Å². The number of aromatic hydroxyl groups is 1.